The van der Waals surface area contributed by atoms with Crippen LogP contribution in [0.15, 0.2) is 54.6 Å². The molecule has 0 atom stereocenters. The van der Waals surface area contributed by atoms with Crippen molar-refractivity contribution < 1.29 is 14.2 Å². The van der Waals surface area contributed by atoms with E-state index < -0.39 is 0 Å². The number of hydrogen-bond acceptors (Lipinski definition) is 4. The molecule has 0 aliphatic heterocycles. The molecule has 27 heavy (non-hydrogen) atoms. The number of ether oxygens (including phenoxy) is 3. The van der Waals surface area contributed by atoms with Gasteiger partial charge >= 0.3 is 0 Å². The molecule has 0 radical (unpaired) electrons. The van der Waals surface area contributed by atoms with Crippen LogP contribution in [0.5, 0.6) is 23.0 Å². The molecule has 0 saturated heterocycles. The predicted molar refractivity (Wildman–Crippen MR) is 110 cm³/mol. The van der Waals surface area contributed by atoms with Gasteiger partial charge in [0.15, 0.2) is 17.2 Å². The lowest BCUT2D eigenvalue weighted by atomic mass is 10.0. The van der Waals surface area contributed by atoms with Gasteiger partial charge in [0, 0.05) is 11.8 Å². The molecule has 4 nitrogen and oxygen atoms in total. The maximum Gasteiger partial charge on any atom is 0.169 e. The van der Waals surface area contributed by atoms with Gasteiger partial charge in [0.2, 0.25) is 0 Å². The van der Waals surface area contributed by atoms with Gasteiger partial charge in [-0.15, -0.1) is 0 Å². The fourth-order valence-electron chi connectivity index (χ4n) is 3.15. The van der Waals surface area contributed by atoms with E-state index in [0.717, 1.165) is 22.9 Å². The average molecular weight is 363 g/mol. The molecule has 0 aromatic heterocycles. The maximum absolute atomic E-state index is 6.16. The molecule has 3 aromatic rings. The number of hydrogen-bond donors (Lipinski definition) is 1. The fraction of sp³-hybridized carbons (Fsp3) is 0.217. The molecule has 4 heteroatoms. The van der Waals surface area contributed by atoms with E-state index in [9.17, 15) is 0 Å². The molecule has 0 amide bonds. The van der Waals surface area contributed by atoms with E-state index in [1.165, 1.54) is 16.7 Å². The van der Waals surface area contributed by atoms with E-state index in [1.807, 2.05) is 36.4 Å². The van der Waals surface area contributed by atoms with E-state index in [1.54, 1.807) is 20.3 Å². The van der Waals surface area contributed by atoms with Crippen LogP contribution in [0.1, 0.15) is 16.7 Å². The van der Waals surface area contributed by atoms with Crippen LogP contribution in [0.4, 0.5) is 11.4 Å². The second-order valence-electron chi connectivity index (χ2n) is 6.51. The summed E-state index contributed by atoms with van der Waals surface area (Å²) >= 11 is 0. The Morgan fingerprint density at radius 3 is 2.07 bits per heavy atom. The van der Waals surface area contributed by atoms with Crippen molar-refractivity contribution in [3.8, 4) is 23.0 Å². The zero-order valence-electron chi connectivity index (χ0n) is 16.4. The summed E-state index contributed by atoms with van der Waals surface area (Å²) in [5.74, 6) is 2.69. The van der Waals surface area contributed by atoms with E-state index >= 15 is 0 Å². The van der Waals surface area contributed by atoms with Crippen LogP contribution in [-0.2, 0) is 0 Å². The number of benzene rings is 3. The minimum Gasteiger partial charge on any atom is -0.497 e. The summed E-state index contributed by atoms with van der Waals surface area (Å²) in [5.41, 5.74) is 5.64. The predicted octanol–water partition coefficient (Wildman–Crippen LogP) is 6.16. The molecule has 0 aliphatic rings. The van der Waals surface area contributed by atoms with E-state index in [2.05, 4.69) is 38.2 Å². The lowest BCUT2D eigenvalue weighted by molar-refractivity contribution is 0.369. The van der Waals surface area contributed by atoms with Gasteiger partial charge in [-0.3, -0.25) is 0 Å². The van der Waals surface area contributed by atoms with E-state index in [-0.39, 0.29) is 0 Å². The first-order valence-electron chi connectivity index (χ1n) is 8.85. The van der Waals surface area contributed by atoms with Crippen molar-refractivity contribution in [1.29, 1.82) is 0 Å². The van der Waals surface area contributed by atoms with Gasteiger partial charge in [-0.2, -0.15) is 0 Å². The molecule has 1 N–H and O–H groups in total. The highest BCUT2D eigenvalue weighted by Crippen LogP contribution is 2.38. The highest BCUT2D eigenvalue weighted by Gasteiger charge is 2.12. The molecule has 0 bridgehead atoms. The normalized spacial score (nSPS) is 10.4. The molecule has 0 fully saturated rings. The topological polar surface area (TPSA) is 39.7 Å². The van der Waals surface area contributed by atoms with Gasteiger partial charge in [-0.25, -0.2) is 0 Å². The van der Waals surface area contributed by atoms with Crippen molar-refractivity contribution in [1.82, 2.24) is 0 Å². The smallest absolute Gasteiger partial charge is 0.169 e. The number of rotatable bonds is 6. The zero-order chi connectivity index (χ0) is 19.4. The van der Waals surface area contributed by atoms with Crippen molar-refractivity contribution >= 4 is 11.4 Å². The monoisotopic (exact) mass is 363 g/mol. The van der Waals surface area contributed by atoms with Crippen LogP contribution in [0.2, 0.25) is 0 Å². The van der Waals surface area contributed by atoms with Gasteiger partial charge in [0.05, 0.1) is 19.9 Å². The van der Waals surface area contributed by atoms with Gasteiger partial charge < -0.3 is 19.5 Å². The van der Waals surface area contributed by atoms with Crippen LogP contribution in [-0.4, -0.2) is 14.2 Å². The van der Waals surface area contributed by atoms with Gasteiger partial charge in [-0.1, -0.05) is 29.8 Å². The summed E-state index contributed by atoms with van der Waals surface area (Å²) in [6, 6.07) is 17.7. The molecule has 0 aliphatic carbocycles. The van der Waals surface area contributed by atoms with Crippen molar-refractivity contribution in [3.05, 3.63) is 71.3 Å². The zero-order valence-corrected chi connectivity index (χ0v) is 16.4. The highest BCUT2D eigenvalue weighted by atomic mass is 16.5. The van der Waals surface area contributed by atoms with E-state index in [4.69, 9.17) is 14.2 Å². The summed E-state index contributed by atoms with van der Waals surface area (Å²) in [7, 11) is 3.24. The average Bonchev–Trinajstić information content (AvgIpc) is 2.66. The van der Waals surface area contributed by atoms with Crippen LogP contribution in [0.3, 0.4) is 0 Å². The number of anilines is 2. The SMILES string of the molecule is COc1ccc(Oc2ccccc2Nc2c(C)cc(C)cc2C)c(OC)c1. The Morgan fingerprint density at radius 1 is 0.704 bits per heavy atom. The highest BCUT2D eigenvalue weighted by molar-refractivity contribution is 5.71. The lowest BCUT2D eigenvalue weighted by Crippen LogP contribution is -1.99. The molecule has 140 valence electrons. The Balaban J connectivity index is 1.94. The minimum atomic E-state index is 0.617. The summed E-state index contributed by atoms with van der Waals surface area (Å²) < 4.78 is 16.9. The van der Waals surface area contributed by atoms with Crippen LogP contribution >= 0.6 is 0 Å². The first kappa shape index (κ1) is 18.6. The molecule has 0 heterocycles. The summed E-state index contributed by atoms with van der Waals surface area (Å²) in [6.45, 7) is 6.33. The quantitative estimate of drug-likeness (QED) is 0.569. The molecule has 3 rings (SSSR count). The summed E-state index contributed by atoms with van der Waals surface area (Å²) in [5, 5.41) is 3.53. The second-order valence-corrected chi connectivity index (χ2v) is 6.51. The largest absolute Gasteiger partial charge is 0.497 e. The standard InChI is InChI=1S/C23H25NO3/c1-15-12-16(2)23(17(3)13-15)24-19-8-6-7-9-20(19)27-21-11-10-18(25-4)14-22(21)26-5/h6-14,24H,1-5H3. The minimum absolute atomic E-state index is 0.617. The molecular weight excluding hydrogens is 338 g/mol. The first-order valence-corrected chi connectivity index (χ1v) is 8.85. The Labute approximate surface area is 160 Å². The Hall–Kier alpha value is -3.14. The summed E-state index contributed by atoms with van der Waals surface area (Å²) in [4.78, 5) is 0. The lowest BCUT2D eigenvalue weighted by Gasteiger charge is -2.18. The third-order valence-corrected chi connectivity index (χ3v) is 4.41. The van der Waals surface area contributed by atoms with Crippen LogP contribution < -0.4 is 19.5 Å². The molecular formula is C23H25NO3. The Morgan fingerprint density at radius 2 is 1.41 bits per heavy atom. The van der Waals surface area contributed by atoms with Crippen LogP contribution in [0.25, 0.3) is 0 Å². The summed E-state index contributed by atoms with van der Waals surface area (Å²) in [6.07, 6.45) is 0. The Bertz CT molecular complexity index is 927. The Kier molecular flexibility index (Phi) is 5.55. The maximum atomic E-state index is 6.16. The molecule has 3 aromatic carbocycles. The van der Waals surface area contributed by atoms with Gasteiger partial charge in [0.1, 0.15) is 5.75 Å². The third-order valence-electron chi connectivity index (χ3n) is 4.41. The second kappa shape index (κ2) is 8.04. The third kappa shape index (κ3) is 4.17. The molecule has 0 unspecified atom stereocenters. The van der Waals surface area contributed by atoms with Crippen LogP contribution in [0, 0.1) is 20.8 Å². The number of nitrogens with one attached hydrogen (secondary N) is 1. The molecule has 0 spiro atoms. The van der Waals surface area contributed by atoms with Gasteiger partial charge in [-0.05, 0) is 56.2 Å². The number of aryl methyl sites for hydroxylation is 3. The van der Waals surface area contributed by atoms with Gasteiger partial charge in [0.25, 0.3) is 0 Å². The number of para-hydroxylation sites is 2. The number of methoxy groups -OCH3 is 2. The van der Waals surface area contributed by atoms with E-state index in [0.29, 0.717) is 11.5 Å². The van der Waals surface area contributed by atoms with Crippen molar-refractivity contribution in [2.75, 3.05) is 19.5 Å². The molecule has 0 saturated carbocycles. The van der Waals surface area contributed by atoms with Crippen molar-refractivity contribution in [3.63, 3.8) is 0 Å². The van der Waals surface area contributed by atoms with Crippen molar-refractivity contribution in [2.45, 2.75) is 20.8 Å². The van der Waals surface area contributed by atoms with Crippen molar-refractivity contribution in [2.24, 2.45) is 0 Å². The first-order chi connectivity index (χ1) is 13.0. The fourth-order valence-corrected chi connectivity index (χ4v) is 3.15.